The summed E-state index contributed by atoms with van der Waals surface area (Å²) in [6, 6.07) is 0. The maximum atomic E-state index is 5.79. The van der Waals surface area contributed by atoms with Crippen LogP contribution in [0, 0.1) is 20.8 Å². The van der Waals surface area contributed by atoms with E-state index in [9.17, 15) is 0 Å². The molecule has 0 unspecified atom stereocenters. The first-order valence-electron chi connectivity index (χ1n) is 5.11. The molecule has 0 saturated heterocycles. The smallest absolute Gasteiger partial charge is 0.0693 e. The lowest BCUT2D eigenvalue weighted by Crippen LogP contribution is -2.23. The van der Waals surface area contributed by atoms with Crippen molar-refractivity contribution in [3.8, 4) is 0 Å². The van der Waals surface area contributed by atoms with E-state index in [2.05, 4.69) is 9.97 Å². The summed E-state index contributed by atoms with van der Waals surface area (Å²) in [5, 5.41) is 0. The Balaban J connectivity index is 2.49. The molecule has 0 amide bonds. The Kier molecular flexibility index (Phi) is 2.07. The van der Waals surface area contributed by atoms with Crippen LogP contribution in [0.1, 0.15) is 35.6 Å². The van der Waals surface area contributed by atoms with Gasteiger partial charge in [-0.1, -0.05) is 0 Å². The zero-order chi connectivity index (χ0) is 10.3. The minimum Gasteiger partial charge on any atom is -0.330 e. The Hall–Kier alpha value is -0.960. The normalized spacial score (nSPS) is 18.3. The molecule has 14 heavy (non-hydrogen) atoms. The maximum Gasteiger partial charge on any atom is 0.0693 e. The number of rotatable bonds is 2. The van der Waals surface area contributed by atoms with Crippen molar-refractivity contribution in [1.29, 1.82) is 0 Å². The zero-order valence-corrected chi connectivity index (χ0v) is 9.09. The number of hydrogen-bond acceptors (Lipinski definition) is 3. The van der Waals surface area contributed by atoms with E-state index in [4.69, 9.17) is 5.73 Å². The van der Waals surface area contributed by atoms with Crippen LogP contribution in [0.5, 0.6) is 0 Å². The Morgan fingerprint density at radius 1 is 1.07 bits per heavy atom. The quantitative estimate of drug-likeness (QED) is 0.768. The number of nitrogens with zero attached hydrogens (tertiary/aromatic N) is 2. The average molecular weight is 191 g/mol. The summed E-state index contributed by atoms with van der Waals surface area (Å²) in [5.74, 6) is 0. The van der Waals surface area contributed by atoms with Crippen molar-refractivity contribution in [2.24, 2.45) is 5.73 Å². The van der Waals surface area contributed by atoms with E-state index in [0.717, 1.165) is 22.8 Å². The summed E-state index contributed by atoms with van der Waals surface area (Å²) in [4.78, 5) is 9.14. The Labute approximate surface area is 84.8 Å². The molecule has 1 saturated carbocycles. The third kappa shape index (κ3) is 1.32. The molecule has 1 aromatic heterocycles. The Morgan fingerprint density at radius 3 is 2.14 bits per heavy atom. The maximum absolute atomic E-state index is 5.79. The van der Waals surface area contributed by atoms with Crippen LogP contribution >= 0.6 is 0 Å². The topological polar surface area (TPSA) is 51.8 Å². The minimum absolute atomic E-state index is 0.162. The standard InChI is InChI=1S/C11H17N3/c1-7-8(2)14-10(9(3)13-7)11(6-12)4-5-11/h4-6,12H2,1-3H3. The fourth-order valence-electron chi connectivity index (χ4n) is 1.91. The molecule has 1 aliphatic carbocycles. The lowest BCUT2D eigenvalue weighted by atomic mass is 10.0. The van der Waals surface area contributed by atoms with E-state index in [0.29, 0.717) is 6.54 Å². The number of aryl methyl sites for hydroxylation is 3. The van der Waals surface area contributed by atoms with Gasteiger partial charge in [0.05, 0.1) is 22.8 Å². The molecule has 1 heterocycles. The van der Waals surface area contributed by atoms with Crippen LogP contribution in [-0.4, -0.2) is 16.5 Å². The number of hydrogen-bond donors (Lipinski definition) is 1. The molecule has 1 aromatic rings. The van der Waals surface area contributed by atoms with Crippen molar-refractivity contribution in [1.82, 2.24) is 9.97 Å². The van der Waals surface area contributed by atoms with Crippen LogP contribution < -0.4 is 5.73 Å². The van der Waals surface area contributed by atoms with Crippen molar-refractivity contribution >= 4 is 0 Å². The van der Waals surface area contributed by atoms with Gasteiger partial charge in [-0.3, -0.25) is 9.97 Å². The fraction of sp³-hybridized carbons (Fsp3) is 0.636. The number of aromatic nitrogens is 2. The predicted octanol–water partition coefficient (Wildman–Crippen LogP) is 1.39. The summed E-state index contributed by atoms with van der Waals surface area (Å²) < 4.78 is 0. The van der Waals surface area contributed by atoms with Gasteiger partial charge in [0.15, 0.2) is 0 Å². The highest BCUT2D eigenvalue weighted by Crippen LogP contribution is 2.47. The van der Waals surface area contributed by atoms with Crippen LogP contribution in [-0.2, 0) is 5.41 Å². The molecular formula is C11H17N3. The summed E-state index contributed by atoms with van der Waals surface area (Å²) in [5.41, 5.74) is 10.2. The van der Waals surface area contributed by atoms with Gasteiger partial charge in [0.1, 0.15) is 0 Å². The third-order valence-electron chi connectivity index (χ3n) is 3.23. The largest absolute Gasteiger partial charge is 0.330 e. The van der Waals surface area contributed by atoms with Crippen LogP contribution in [0.15, 0.2) is 0 Å². The molecule has 76 valence electrons. The molecule has 0 radical (unpaired) electrons. The molecule has 0 aromatic carbocycles. The molecule has 0 spiro atoms. The van der Waals surface area contributed by atoms with E-state index < -0.39 is 0 Å². The van der Waals surface area contributed by atoms with Crippen molar-refractivity contribution in [2.75, 3.05) is 6.54 Å². The van der Waals surface area contributed by atoms with Crippen LogP contribution in [0.3, 0.4) is 0 Å². The van der Waals surface area contributed by atoms with E-state index in [-0.39, 0.29) is 5.41 Å². The van der Waals surface area contributed by atoms with Crippen molar-refractivity contribution in [3.63, 3.8) is 0 Å². The molecule has 2 N–H and O–H groups in total. The van der Waals surface area contributed by atoms with Gasteiger partial charge in [0, 0.05) is 12.0 Å². The summed E-state index contributed by atoms with van der Waals surface area (Å²) in [7, 11) is 0. The monoisotopic (exact) mass is 191 g/mol. The predicted molar refractivity (Wildman–Crippen MR) is 56.2 cm³/mol. The first kappa shape index (κ1) is 9.59. The molecule has 0 atom stereocenters. The molecule has 2 rings (SSSR count). The van der Waals surface area contributed by atoms with Gasteiger partial charge in [0.2, 0.25) is 0 Å². The molecule has 0 bridgehead atoms. The van der Waals surface area contributed by atoms with Crippen LogP contribution in [0.2, 0.25) is 0 Å². The van der Waals surface area contributed by atoms with E-state index in [1.165, 1.54) is 12.8 Å². The molecule has 1 aliphatic rings. The van der Waals surface area contributed by atoms with E-state index in [1.54, 1.807) is 0 Å². The fourth-order valence-corrected chi connectivity index (χ4v) is 1.91. The molecular weight excluding hydrogens is 174 g/mol. The van der Waals surface area contributed by atoms with Gasteiger partial charge >= 0.3 is 0 Å². The highest BCUT2D eigenvalue weighted by Gasteiger charge is 2.45. The second kappa shape index (κ2) is 3.02. The molecule has 1 fully saturated rings. The van der Waals surface area contributed by atoms with Gasteiger partial charge in [-0.2, -0.15) is 0 Å². The first-order chi connectivity index (χ1) is 6.59. The van der Waals surface area contributed by atoms with E-state index >= 15 is 0 Å². The second-order valence-electron chi connectivity index (χ2n) is 4.31. The lowest BCUT2D eigenvalue weighted by molar-refractivity contribution is 0.658. The van der Waals surface area contributed by atoms with Gasteiger partial charge in [0.25, 0.3) is 0 Å². The van der Waals surface area contributed by atoms with Gasteiger partial charge in [-0.15, -0.1) is 0 Å². The highest BCUT2D eigenvalue weighted by atomic mass is 14.9. The molecule has 3 nitrogen and oxygen atoms in total. The zero-order valence-electron chi connectivity index (χ0n) is 9.09. The second-order valence-corrected chi connectivity index (χ2v) is 4.31. The van der Waals surface area contributed by atoms with Crippen molar-refractivity contribution in [3.05, 3.63) is 22.8 Å². The van der Waals surface area contributed by atoms with Crippen molar-refractivity contribution < 1.29 is 0 Å². The Bertz CT molecular complexity index is 367. The Morgan fingerprint density at radius 2 is 1.64 bits per heavy atom. The summed E-state index contributed by atoms with van der Waals surface area (Å²) in [6.45, 7) is 6.74. The SMILES string of the molecule is Cc1nc(C)c(C2(CN)CC2)nc1C. The number of nitrogens with two attached hydrogens (primary N) is 1. The van der Waals surface area contributed by atoms with Gasteiger partial charge in [-0.05, 0) is 33.6 Å². The molecule has 0 aliphatic heterocycles. The minimum atomic E-state index is 0.162. The highest BCUT2D eigenvalue weighted by molar-refractivity contribution is 5.31. The van der Waals surface area contributed by atoms with Crippen molar-refractivity contribution in [2.45, 2.75) is 39.0 Å². The van der Waals surface area contributed by atoms with E-state index in [1.807, 2.05) is 20.8 Å². The van der Waals surface area contributed by atoms with Gasteiger partial charge < -0.3 is 5.73 Å². The average Bonchev–Trinajstić information content (AvgIpc) is 2.92. The van der Waals surface area contributed by atoms with Gasteiger partial charge in [-0.25, -0.2) is 0 Å². The third-order valence-corrected chi connectivity index (χ3v) is 3.23. The summed E-state index contributed by atoms with van der Waals surface area (Å²) >= 11 is 0. The summed E-state index contributed by atoms with van der Waals surface area (Å²) in [6.07, 6.45) is 2.34. The lowest BCUT2D eigenvalue weighted by Gasteiger charge is -2.15. The van der Waals surface area contributed by atoms with Crippen LogP contribution in [0.4, 0.5) is 0 Å². The first-order valence-corrected chi connectivity index (χ1v) is 5.11. The van der Waals surface area contributed by atoms with Crippen LogP contribution in [0.25, 0.3) is 0 Å². The molecule has 3 heteroatoms.